The number of carbonyl (C=O) groups excluding carboxylic acids is 2. The van der Waals surface area contributed by atoms with Gasteiger partial charge in [0.25, 0.3) is 5.91 Å². The molecule has 39 heavy (non-hydrogen) atoms. The van der Waals surface area contributed by atoms with Crippen LogP contribution in [-0.4, -0.2) is 35.4 Å². The number of ether oxygens (including phenoxy) is 1. The number of nitrogens with zero attached hydrogens (tertiary/aromatic N) is 1. The van der Waals surface area contributed by atoms with Crippen molar-refractivity contribution in [2.75, 3.05) is 6.61 Å². The van der Waals surface area contributed by atoms with Crippen LogP contribution in [0.25, 0.3) is 0 Å². The molecule has 1 aliphatic rings. The van der Waals surface area contributed by atoms with Gasteiger partial charge in [0.1, 0.15) is 11.8 Å². The first-order valence-corrected chi connectivity index (χ1v) is 14.2. The number of hydrogen-bond donors (Lipinski definition) is 1. The van der Waals surface area contributed by atoms with E-state index in [1.54, 1.807) is 11.0 Å². The zero-order valence-corrected chi connectivity index (χ0v) is 23.9. The van der Waals surface area contributed by atoms with Crippen LogP contribution in [0.3, 0.4) is 0 Å². The zero-order chi connectivity index (χ0) is 27.8. The summed E-state index contributed by atoms with van der Waals surface area (Å²) in [6.07, 6.45) is 4.58. The van der Waals surface area contributed by atoms with Gasteiger partial charge in [-0.05, 0) is 59.2 Å². The zero-order valence-electron chi connectivity index (χ0n) is 23.2. The third kappa shape index (κ3) is 8.34. The topological polar surface area (TPSA) is 58.6 Å². The normalized spacial score (nSPS) is 14.6. The number of nitrogens with one attached hydrogen (secondary N) is 1. The lowest BCUT2D eigenvalue weighted by Crippen LogP contribution is -2.53. The summed E-state index contributed by atoms with van der Waals surface area (Å²) in [6, 6.07) is 24.6. The maximum atomic E-state index is 13.8. The fraction of sp³-hybridized carbons (Fsp3) is 0.394. The summed E-state index contributed by atoms with van der Waals surface area (Å²) >= 11 is 6.27. The standard InChI is InChI=1S/C33H39ClN2O3/c1-33(2,3)26-16-18-29(19-17-26)39-23-31(37)36(22-25-12-9-13-27(34)20-25)30(21-24-10-5-4-6-11-24)32(38)35-28-14-7-8-15-28/h4-6,9-13,16-20,28,30H,7-8,14-15,21-23H2,1-3H3,(H,35,38)/t30-/m0/s1. The highest BCUT2D eigenvalue weighted by Crippen LogP contribution is 2.25. The van der Waals surface area contributed by atoms with E-state index in [9.17, 15) is 9.59 Å². The highest BCUT2D eigenvalue weighted by atomic mass is 35.5. The van der Waals surface area contributed by atoms with Gasteiger partial charge in [0.05, 0.1) is 0 Å². The predicted molar refractivity (Wildman–Crippen MR) is 157 cm³/mol. The van der Waals surface area contributed by atoms with Crippen LogP contribution in [0.1, 0.15) is 63.1 Å². The minimum absolute atomic E-state index is 0.0272. The van der Waals surface area contributed by atoms with E-state index in [0.717, 1.165) is 36.8 Å². The monoisotopic (exact) mass is 546 g/mol. The van der Waals surface area contributed by atoms with Gasteiger partial charge < -0.3 is 15.0 Å². The molecule has 0 saturated heterocycles. The quantitative estimate of drug-likeness (QED) is 0.307. The van der Waals surface area contributed by atoms with Crippen molar-refractivity contribution in [3.63, 3.8) is 0 Å². The largest absolute Gasteiger partial charge is 0.484 e. The van der Waals surface area contributed by atoms with E-state index >= 15 is 0 Å². The molecule has 0 bridgehead atoms. The van der Waals surface area contributed by atoms with Crippen LogP contribution in [0.15, 0.2) is 78.9 Å². The van der Waals surface area contributed by atoms with Crippen molar-refractivity contribution in [2.45, 2.75) is 76.9 Å². The second kappa shape index (κ2) is 13.2. The van der Waals surface area contributed by atoms with Crippen LogP contribution in [0.5, 0.6) is 5.75 Å². The Morgan fingerprint density at radius 3 is 2.26 bits per heavy atom. The number of halogens is 1. The first kappa shape index (κ1) is 28.7. The molecule has 3 aromatic carbocycles. The van der Waals surface area contributed by atoms with Gasteiger partial charge in [-0.1, -0.05) is 99.8 Å². The fourth-order valence-corrected chi connectivity index (χ4v) is 5.25. The Labute approximate surface area is 237 Å². The number of benzene rings is 3. The third-order valence-electron chi connectivity index (χ3n) is 7.30. The average molecular weight is 547 g/mol. The van der Waals surface area contributed by atoms with Crippen molar-refractivity contribution in [1.82, 2.24) is 10.2 Å². The lowest BCUT2D eigenvalue weighted by Gasteiger charge is -2.32. The van der Waals surface area contributed by atoms with E-state index in [-0.39, 0.29) is 36.4 Å². The van der Waals surface area contributed by atoms with Gasteiger partial charge in [-0.25, -0.2) is 0 Å². The van der Waals surface area contributed by atoms with E-state index in [4.69, 9.17) is 16.3 Å². The van der Waals surface area contributed by atoms with E-state index in [1.165, 1.54) is 5.56 Å². The lowest BCUT2D eigenvalue weighted by molar-refractivity contribution is -0.143. The molecule has 3 aromatic rings. The van der Waals surface area contributed by atoms with Gasteiger partial charge in [0.15, 0.2) is 6.61 Å². The summed E-state index contributed by atoms with van der Waals surface area (Å²) in [6.45, 7) is 6.55. The molecule has 0 aromatic heterocycles. The minimum atomic E-state index is -0.689. The van der Waals surface area contributed by atoms with Crippen molar-refractivity contribution in [2.24, 2.45) is 0 Å². The predicted octanol–water partition coefficient (Wildman–Crippen LogP) is 6.72. The van der Waals surface area contributed by atoms with Crippen LogP contribution in [0, 0.1) is 0 Å². The van der Waals surface area contributed by atoms with Gasteiger partial charge in [0, 0.05) is 24.0 Å². The van der Waals surface area contributed by atoms with Gasteiger partial charge in [0.2, 0.25) is 5.91 Å². The van der Waals surface area contributed by atoms with Gasteiger partial charge in [-0.2, -0.15) is 0 Å². The van der Waals surface area contributed by atoms with Crippen molar-refractivity contribution < 1.29 is 14.3 Å². The summed E-state index contributed by atoms with van der Waals surface area (Å²) in [5, 5.41) is 3.81. The highest BCUT2D eigenvalue weighted by molar-refractivity contribution is 6.30. The molecule has 1 fully saturated rings. The van der Waals surface area contributed by atoms with Crippen molar-refractivity contribution in [3.8, 4) is 5.75 Å². The third-order valence-corrected chi connectivity index (χ3v) is 7.53. The van der Waals surface area contributed by atoms with E-state index < -0.39 is 6.04 Å². The molecule has 6 heteroatoms. The van der Waals surface area contributed by atoms with Crippen molar-refractivity contribution in [1.29, 1.82) is 0 Å². The van der Waals surface area contributed by atoms with Crippen LogP contribution in [0.2, 0.25) is 5.02 Å². The second-order valence-electron chi connectivity index (χ2n) is 11.4. The van der Waals surface area contributed by atoms with E-state index in [1.807, 2.05) is 72.8 Å². The first-order valence-electron chi connectivity index (χ1n) is 13.8. The Bertz CT molecular complexity index is 1230. The molecular formula is C33H39ClN2O3. The van der Waals surface area contributed by atoms with Crippen LogP contribution in [-0.2, 0) is 28.0 Å². The highest BCUT2D eigenvalue weighted by Gasteiger charge is 2.32. The minimum Gasteiger partial charge on any atom is -0.484 e. The Morgan fingerprint density at radius 2 is 1.62 bits per heavy atom. The molecule has 0 heterocycles. The number of rotatable bonds is 10. The molecule has 1 saturated carbocycles. The molecule has 1 aliphatic carbocycles. The fourth-order valence-electron chi connectivity index (χ4n) is 5.03. The molecular weight excluding hydrogens is 508 g/mol. The smallest absolute Gasteiger partial charge is 0.261 e. The maximum Gasteiger partial charge on any atom is 0.261 e. The Balaban J connectivity index is 1.58. The Morgan fingerprint density at radius 1 is 0.949 bits per heavy atom. The van der Waals surface area contributed by atoms with E-state index in [0.29, 0.717) is 17.2 Å². The van der Waals surface area contributed by atoms with Crippen LogP contribution in [0.4, 0.5) is 0 Å². The number of carbonyl (C=O) groups is 2. The molecule has 0 aliphatic heterocycles. The summed E-state index contributed by atoms with van der Waals surface area (Å²) in [5.74, 6) is 0.238. The van der Waals surface area contributed by atoms with Crippen LogP contribution < -0.4 is 10.1 Å². The Hall–Kier alpha value is -3.31. The molecule has 1 N–H and O–H groups in total. The summed E-state index contributed by atoms with van der Waals surface area (Å²) < 4.78 is 5.94. The number of amides is 2. The summed E-state index contributed by atoms with van der Waals surface area (Å²) in [5.41, 5.74) is 3.07. The second-order valence-corrected chi connectivity index (χ2v) is 11.8. The van der Waals surface area contributed by atoms with Crippen molar-refractivity contribution >= 4 is 23.4 Å². The van der Waals surface area contributed by atoms with Crippen molar-refractivity contribution in [3.05, 3.63) is 101 Å². The molecule has 1 atom stereocenters. The number of hydrogen-bond acceptors (Lipinski definition) is 3. The molecule has 0 unspecified atom stereocenters. The molecule has 4 rings (SSSR count). The maximum absolute atomic E-state index is 13.8. The lowest BCUT2D eigenvalue weighted by atomic mass is 9.87. The molecule has 206 valence electrons. The molecule has 5 nitrogen and oxygen atoms in total. The van der Waals surface area contributed by atoms with Gasteiger partial charge in [-0.15, -0.1) is 0 Å². The molecule has 0 spiro atoms. The SMILES string of the molecule is CC(C)(C)c1ccc(OCC(=O)N(Cc2cccc(Cl)c2)[C@@H](Cc2ccccc2)C(=O)NC2CCCC2)cc1. The summed E-state index contributed by atoms with van der Waals surface area (Å²) in [7, 11) is 0. The van der Waals surface area contributed by atoms with Gasteiger partial charge >= 0.3 is 0 Å². The first-order chi connectivity index (χ1) is 18.7. The average Bonchev–Trinajstić information content (AvgIpc) is 3.42. The van der Waals surface area contributed by atoms with Gasteiger partial charge in [-0.3, -0.25) is 9.59 Å². The Kier molecular flexibility index (Phi) is 9.68. The molecule has 2 amide bonds. The molecule has 0 radical (unpaired) electrons. The van der Waals surface area contributed by atoms with E-state index in [2.05, 4.69) is 26.1 Å². The summed E-state index contributed by atoms with van der Waals surface area (Å²) in [4.78, 5) is 29.2. The van der Waals surface area contributed by atoms with Crippen LogP contribution >= 0.6 is 11.6 Å².